The Labute approximate surface area is 106 Å². The summed E-state index contributed by atoms with van der Waals surface area (Å²) in [7, 11) is 0. The fraction of sp³-hybridized carbons (Fsp3) is 0.385. The van der Waals surface area contributed by atoms with Crippen LogP contribution in [0.4, 0.5) is 10.5 Å². The molecule has 1 aromatic carbocycles. The molecule has 5 heteroatoms. The number of nitrogens with zero attached hydrogens (tertiary/aromatic N) is 1. The molecule has 1 aromatic rings. The van der Waals surface area contributed by atoms with E-state index in [0.29, 0.717) is 11.3 Å². The maximum Gasteiger partial charge on any atom is 0.319 e. The van der Waals surface area contributed by atoms with Crippen LogP contribution in [0.2, 0.25) is 0 Å². The highest BCUT2D eigenvalue weighted by Gasteiger charge is 2.14. The lowest BCUT2D eigenvalue weighted by Crippen LogP contribution is -2.47. The maximum atomic E-state index is 11.7. The lowest BCUT2D eigenvalue weighted by Gasteiger charge is -2.23. The van der Waals surface area contributed by atoms with E-state index in [1.807, 2.05) is 6.07 Å². The Balaban J connectivity index is 1.84. The quantitative estimate of drug-likeness (QED) is 0.736. The van der Waals surface area contributed by atoms with Crippen molar-refractivity contribution < 1.29 is 4.79 Å². The molecule has 1 aliphatic heterocycles. The molecule has 5 nitrogen and oxygen atoms in total. The van der Waals surface area contributed by atoms with Crippen molar-refractivity contribution in [3.63, 3.8) is 0 Å². The van der Waals surface area contributed by atoms with E-state index >= 15 is 0 Å². The number of rotatable bonds is 2. The van der Waals surface area contributed by atoms with Gasteiger partial charge in [-0.1, -0.05) is 0 Å². The first kappa shape index (κ1) is 12.4. The fourth-order valence-electron chi connectivity index (χ4n) is 1.96. The van der Waals surface area contributed by atoms with E-state index in [4.69, 9.17) is 5.26 Å². The average molecular weight is 244 g/mol. The van der Waals surface area contributed by atoms with Crippen LogP contribution in [0.1, 0.15) is 18.4 Å². The molecule has 0 bridgehead atoms. The Bertz CT molecular complexity index is 443. The zero-order valence-corrected chi connectivity index (χ0v) is 10.1. The smallest absolute Gasteiger partial charge is 0.319 e. The number of carbonyl (C=O) groups excluding carboxylic acids is 1. The van der Waals surface area contributed by atoms with Gasteiger partial charge in [0.05, 0.1) is 11.6 Å². The largest absolute Gasteiger partial charge is 0.334 e. The predicted octanol–water partition coefficient (Wildman–Crippen LogP) is 1.43. The molecule has 3 N–H and O–H groups in total. The first-order chi connectivity index (χ1) is 8.78. The van der Waals surface area contributed by atoms with Crippen molar-refractivity contribution in [3.8, 4) is 6.07 Å². The van der Waals surface area contributed by atoms with Gasteiger partial charge in [0.25, 0.3) is 0 Å². The van der Waals surface area contributed by atoms with E-state index in [1.165, 1.54) is 0 Å². The van der Waals surface area contributed by atoms with E-state index in [1.54, 1.807) is 24.3 Å². The third-order valence-electron chi connectivity index (χ3n) is 2.90. The number of amides is 2. The van der Waals surface area contributed by atoms with E-state index in [9.17, 15) is 4.79 Å². The molecule has 0 spiro atoms. The summed E-state index contributed by atoms with van der Waals surface area (Å²) >= 11 is 0. The molecule has 1 fully saturated rings. The van der Waals surface area contributed by atoms with Crippen molar-refractivity contribution in [1.29, 1.82) is 5.26 Å². The molecule has 2 rings (SSSR count). The lowest BCUT2D eigenvalue weighted by molar-refractivity contribution is 0.245. The number of nitriles is 1. The van der Waals surface area contributed by atoms with Gasteiger partial charge in [-0.15, -0.1) is 0 Å². The summed E-state index contributed by atoms with van der Waals surface area (Å²) in [4.78, 5) is 11.7. The molecule has 1 saturated heterocycles. The molecule has 1 heterocycles. The summed E-state index contributed by atoms with van der Waals surface area (Å²) in [5.74, 6) is 0. The normalized spacial score (nSPS) is 18.7. The van der Waals surface area contributed by atoms with Crippen molar-refractivity contribution in [2.75, 3.05) is 18.4 Å². The molecule has 94 valence electrons. The third-order valence-corrected chi connectivity index (χ3v) is 2.90. The number of hydrogen-bond donors (Lipinski definition) is 3. The summed E-state index contributed by atoms with van der Waals surface area (Å²) in [5, 5.41) is 17.6. The molecule has 1 aliphatic rings. The van der Waals surface area contributed by atoms with Gasteiger partial charge in [0, 0.05) is 18.3 Å². The van der Waals surface area contributed by atoms with Crippen LogP contribution in [-0.4, -0.2) is 25.2 Å². The molecule has 0 unspecified atom stereocenters. The van der Waals surface area contributed by atoms with Crippen molar-refractivity contribution in [1.82, 2.24) is 10.6 Å². The molecule has 0 radical (unpaired) electrons. The van der Waals surface area contributed by atoms with Gasteiger partial charge in [-0.25, -0.2) is 4.79 Å². The van der Waals surface area contributed by atoms with Gasteiger partial charge >= 0.3 is 6.03 Å². The van der Waals surface area contributed by atoms with E-state index in [-0.39, 0.29) is 12.1 Å². The maximum absolute atomic E-state index is 11.7. The van der Waals surface area contributed by atoms with Crippen LogP contribution in [0.15, 0.2) is 24.3 Å². The van der Waals surface area contributed by atoms with E-state index < -0.39 is 0 Å². The van der Waals surface area contributed by atoms with Gasteiger partial charge in [0.2, 0.25) is 0 Å². The molecule has 1 atom stereocenters. The van der Waals surface area contributed by atoms with Crippen molar-refractivity contribution in [2.45, 2.75) is 18.9 Å². The minimum absolute atomic E-state index is 0.192. The average Bonchev–Trinajstić information content (AvgIpc) is 2.40. The molecule has 18 heavy (non-hydrogen) atoms. The Morgan fingerprint density at radius 1 is 1.39 bits per heavy atom. The third kappa shape index (κ3) is 3.47. The molecule has 0 aromatic heterocycles. The standard InChI is InChI=1S/C13H16N4O/c14-8-10-3-5-11(6-4-10)16-13(18)17-12-2-1-7-15-9-12/h3-6,12,15H,1-2,7,9H2,(H2,16,17,18)/t12-/m0/s1. The van der Waals surface area contributed by atoms with Crippen LogP contribution in [0, 0.1) is 11.3 Å². The first-order valence-corrected chi connectivity index (χ1v) is 6.06. The highest BCUT2D eigenvalue weighted by molar-refractivity contribution is 5.89. The van der Waals surface area contributed by atoms with E-state index in [0.717, 1.165) is 25.9 Å². The predicted molar refractivity (Wildman–Crippen MR) is 69.2 cm³/mol. The lowest BCUT2D eigenvalue weighted by atomic mass is 10.1. The van der Waals surface area contributed by atoms with Gasteiger partial charge in [0.1, 0.15) is 0 Å². The zero-order valence-electron chi connectivity index (χ0n) is 10.1. The minimum atomic E-state index is -0.201. The number of hydrogen-bond acceptors (Lipinski definition) is 3. The summed E-state index contributed by atoms with van der Waals surface area (Å²) in [6, 6.07) is 8.82. The number of carbonyl (C=O) groups is 1. The minimum Gasteiger partial charge on any atom is -0.334 e. The number of anilines is 1. The number of nitrogens with one attached hydrogen (secondary N) is 3. The Hall–Kier alpha value is -2.06. The zero-order chi connectivity index (χ0) is 12.8. The van der Waals surface area contributed by atoms with Gasteiger partial charge < -0.3 is 16.0 Å². The summed E-state index contributed by atoms with van der Waals surface area (Å²) in [5.41, 5.74) is 1.27. The second-order valence-corrected chi connectivity index (χ2v) is 4.33. The fourth-order valence-corrected chi connectivity index (χ4v) is 1.96. The van der Waals surface area contributed by atoms with Crippen molar-refractivity contribution >= 4 is 11.7 Å². The number of urea groups is 1. The summed E-state index contributed by atoms with van der Waals surface area (Å²) < 4.78 is 0. The Kier molecular flexibility index (Phi) is 4.15. The Morgan fingerprint density at radius 2 is 2.17 bits per heavy atom. The van der Waals surface area contributed by atoms with Crippen LogP contribution in [-0.2, 0) is 0 Å². The number of benzene rings is 1. The summed E-state index contributed by atoms with van der Waals surface area (Å²) in [6.07, 6.45) is 2.09. The van der Waals surface area contributed by atoms with Gasteiger partial charge in [-0.3, -0.25) is 0 Å². The van der Waals surface area contributed by atoms with Gasteiger partial charge in [0.15, 0.2) is 0 Å². The van der Waals surface area contributed by atoms with Crippen LogP contribution in [0.5, 0.6) is 0 Å². The molecule has 0 saturated carbocycles. The second-order valence-electron chi connectivity index (χ2n) is 4.33. The van der Waals surface area contributed by atoms with Crippen LogP contribution in [0.3, 0.4) is 0 Å². The van der Waals surface area contributed by atoms with Crippen LogP contribution in [0.25, 0.3) is 0 Å². The topological polar surface area (TPSA) is 77.0 Å². The second kappa shape index (κ2) is 6.03. The highest BCUT2D eigenvalue weighted by Crippen LogP contribution is 2.09. The van der Waals surface area contributed by atoms with Crippen LogP contribution >= 0.6 is 0 Å². The molecular weight excluding hydrogens is 228 g/mol. The monoisotopic (exact) mass is 244 g/mol. The van der Waals surface area contributed by atoms with Gasteiger partial charge in [-0.2, -0.15) is 5.26 Å². The molecule has 0 aliphatic carbocycles. The van der Waals surface area contributed by atoms with Crippen molar-refractivity contribution in [2.24, 2.45) is 0 Å². The molecular formula is C13H16N4O. The number of piperidine rings is 1. The van der Waals surface area contributed by atoms with Crippen LogP contribution < -0.4 is 16.0 Å². The van der Waals surface area contributed by atoms with Gasteiger partial charge in [-0.05, 0) is 43.7 Å². The SMILES string of the molecule is N#Cc1ccc(NC(=O)N[C@H]2CCCNC2)cc1. The Morgan fingerprint density at radius 3 is 2.78 bits per heavy atom. The molecule has 2 amide bonds. The highest BCUT2D eigenvalue weighted by atomic mass is 16.2. The summed E-state index contributed by atoms with van der Waals surface area (Å²) in [6.45, 7) is 1.84. The van der Waals surface area contributed by atoms with Crippen molar-refractivity contribution in [3.05, 3.63) is 29.8 Å². The first-order valence-electron chi connectivity index (χ1n) is 6.06. The van der Waals surface area contributed by atoms with E-state index in [2.05, 4.69) is 16.0 Å².